The molecule has 0 aliphatic rings. The summed E-state index contributed by atoms with van der Waals surface area (Å²) >= 11 is 1.66. The van der Waals surface area contributed by atoms with Crippen LogP contribution in [0.2, 0.25) is 0 Å². The zero-order chi connectivity index (χ0) is 20.5. The summed E-state index contributed by atoms with van der Waals surface area (Å²) in [5.41, 5.74) is 10.5. The molecule has 6 nitrogen and oxygen atoms in total. The predicted molar refractivity (Wildman–Crippen MR) is 111 cm³/mol. The standard InChI is InChI=1S/C21H17FN4O2S/c1-11-9-29-10-16(11)14-5-4-13(8-18(14)24-2)21-25-20(26-28-21)12-3-6-15(19(23)27)17(22)7-12/h3-10,24H,1-2H3,(H2,23,27). The van der Waals surface area contributed by atoms with E-state index < -0.39 is 11.7 Å². The number of aryl methyl sites for hydroxylation is 1. The molecule has 0 fully saturated rings. The molecule has 4 rings (SSSR count). The van der Waals surface area contributed by atoms with Crippen LogP contribution in [0, 0.1) is 12.7 Å². The van der Waals surface area contributed by atoms with Gasteiger partial charge in [0, 0.05) is 29.4 Å². The number of nitrogens with two attached hydrogens (primary N) is 1. The molecule has 146 valence electrons. The zero-order valence-corrected chi connectivity index (χ0v) is 16.5. The Morgan fingerprint density at radius 1 is 1.14 bits per heavy atom. The molecule has 0 bridgehead atoms. The number of hydrogen-bond acceptors (Lipinski definition) is 6. The van der Waals surface area contributed by atoms with E-state index in [1.807, 2.05) is 25.2 Å². The van der Waals surface area contributed by atoms with E-state index in [0.717, 1.165) is 22.9 Å². The van der Waals surface area contributed by atoms with Crippen LogP contribution in [0.25, 0.3) is 34.0 Å². The van der Waals surface area contributed by atoms with Gasteiger partial charge >= 0.3 is 0 Å². The molecule has 8 heteroatoms. The van der Waals surface area contributed by atoms with Crippen molar-refractivity contribution in [3.05, 3.63) is 64.1 Å². The van der Waals surface area contributed by atoms with Crippen LogP contribution in [-0.4, -0.2) is 23.1 Å². The topological polar surface area (TPSA) is 94.0 Å². The first-order valence-corrected chi connectivity index (χ1v) is 9.71. The van der Waals surface area contributed by atoms with E-state index in [-0.39, 0.29) is 11.4 Å². The third-order valence-corrected chi connectivity index (χ3v) is 5.46. The van der Waals surface area contributed by atoms with Crippen molar-refractivity contribution in [2.45, 2.75) is 6.92 Å². The Labute approximate surface area is 170 Å². The number of anilines is 1. The van der Waals surface area contributed by atoms with Crippen LogP contribution in [0.3, 0.4) is 0 Å². The van der Waals surface area contributed by atoms with E-state index in [1.54, 1.807) is 11.3 Å². The highest BCUT2D eigenvalue weighted by atomic mass is 32.1. The van der Waals surface area contributed by atoms with Gasteiger partial charge in [-0.1, -0.05) is 17.3 Å². The Hall–Kier alpha value is -3.52. The lowest BCUT2D eigenvalue weighted by Gasteiger charge is -2.10. The zero-order valence-electron chi connectivity index (χ0n) is 15.7. The minimum atomic E-state index is -0.830. The van der Waals surface area contributed by atoms with Crippen molar-refractivity contribution in [2.75, 3.05) is 12.4 Å². The Morgan fingerprint density at radius 3 is 2.59 bits per heavy atom. The van der Waals surface area contributed by atoms with Crippen molar-refractivity contribution in [3.63, 3.8) is 0 Å². The molecule has 0 aliphatic carbocycles. The van der Waals surface area contributed by atoms with Gasteiger partial charge in [-0.2, -0.15) is 16.3 Å². The SMILES string of the molecule is CNc1cc(-c2nc(-c3ccc(C(N)=O)c(F)c3)no2)ccc1-c1cscc1C. The van der Waals surface area contributed by atoms with Crippen LogP contribution < -0.4 is 11.1 Å². The van der Waals surface area contributed by atoms with Crippen LogP contribution >= 0.6 is 11.3 Å². The van der Waals surface area contributed by atoms with E-state index in [0.29, 0.717) is 11.5 Å². The monoisotopic (exact) mass is 408 g/mol. The normalized spacial score (nSPS) is 10.9. The fraction of sp³-hybridized carbons (Fsp3) is 0.0952. The van der Waals surface area contributed by atoms with Crippen molar-refractivity contribution < 1.29 is 13.7 Å². The van der Waals surface area contributed by atoms with Gasteiger partial charge < -0.3 is 15.6 Å². The number of thiophene rings is 1. The summed E-state index contributed by atoms with van der Waals surface area (Å²) in [7, 11) is 1.85. The molecule has 4 aromatic rings. The molecule has 0 radical (unpaired) electrons. The molecule has 0 atom stereocenters. The number of rotatable bonds is 5. The number of carbonyl (C=O) groups is 1. The summed E-state index contributed by atoms with van der Waals surface area (Å²) in [5.74, 6) is -1.03. The van der Waals surface area contributed by atoms with E-state index in [4.69, 9.17) is 10.3 Å². The van der Waals surface area contributed by atoms with Crippen LogP contribution in [-0.2, 0) is 0 Å². The van der Waals surface area contributed by atoms with E-state index >= 15 is 0 Å². The first-order valence-electron chi connectivity index (χ1n) is 8.76. The second-order valence-corrected chi connectivity index (χ2v) is 7.20. The van der Waals surface area contributed by atoms with Crippen molar-refractivity contribution in [3.8, 4) is 34.0 Å². The Morgan fingerprint density at radius 2 is 1.93 bits per heavy atom. The minimum absolute atomic E-state index is 0.185. The molecular weight excluding hydrogens is 391 g/mol. The fourth-order valence-electron chi connectivity index (χ4n) is 3.07. The number of benzene rings is 2. The molecule has 3 N–H and O–H groups in total. The summed E-state index contributed by atoms with van der Waals surface area (Å²) in [6.45, 7) is 2.08. The average molecular weight is 408 g/mol. The number of amides is 1. The van der Waals surface area contributed by atoms with Gasteiger partial charge in [0.2, 0.25) is 5.82 Å². The van der Waals surface area contributed by atoms with E-state index in [9.17, 15) is 9.18 Å². The first-order chi connectivity index (χ1) is 14.0. The quantitative estimate of drug-likeness (QED) is 0.498. The number of primary amides is 1. The third kappa shape index (κ3) is 3.50. The van der Waals surface area contributed by atoms with Gasteiger partial charge in [0.15, 0.2) is 0 Å². The lowest BCUT2D eigenvalue weighted by atomic mass is 10.0. The molecule has 2 aromatic heterocycles. The Balaban J connectivity index is 1.69. The van der Waals surface area contributed by atoms with Gasteiger partial charge in [-0.15, -0.1) is 0 Å². The second-order valence-electron chi connectivity index (χ2n) is 6.46. The third-order valence-electron chi connectivity index (χ3n) is 4.60. The fourth-order valence-corrected chi connectivity index (χ4v) is 3.92. The number of halogens is 1. The largest absolute Gasteiger partial charge is 0.388 e. The van der Waals surface area contributed by atoms with Crippen molar-refractivity contribution in [1.29, 1.82) is 0 Å². The molecular formula is C21H17FN4O2S. The molecule has 2 heterocycles. The van der Waals surface area contributed by atoms with Crippen LogP contribution in [0.15, 0.2) is 51.7 Å². The molecule has 0 unspecified atom stereocenters. The van der Waals surface area contributed by atoms with Crippen LogP contribution in [0.5, 0.6) is 0 Å². The van der Waals surface area contributed by atoms with E-state index in [1.165, 1.54) is 23.3 Å². The minimum Gasteiger partial charge on any atom is -0.388 e. The molecule has 0 aliphatic heterocycles. The highest BCUT2D eigenvalue weighted by Gasteiger charge is 2.16. The van der Waals surface area contributed by atoms with Gasteiger partial charge in [-0.25, -0.2) is 4.39 Å². The maximum absolute atomic E-state index is 14.0. The maximum atomic E-state index is 14.0. The van der Waals surface area contributed by atoms with Gasteiger partial charge in [-0.05, 0) is 53.1 Å². The summed E-state index contributed by atoms with van der Waals surface area (Å²) in [5, 5.41) is 11.4. The lowest BCUT2D eigenvalue weighted by molar-refractivity contribution is 0.0996. The number of hydrogen-bond donors (Lipinski definition) is 2. The van der Waals surface area contributed by atoms with Crippen LogP contribution in [0.1, 0.15) is 15.9 Å². The molecule has 29 heavy (non-hydrogen) atoms. The second kappa shape index (κ2) is 7.48. The summed E-state index contributed by atoms with van der Waals surface area (Å²) in [6, 6.07) is 9.83. The van der Waals surface area contributed by atoms with Crippen molar-refractivity contribution in [1.82, 2.24) is 10.1 Å². The maximum Gasteiger partial charge on any atom is 0.258 e. The first kappa shape index (κ1) is 18.8. The molecule has 0 saturated heterocycles. The lowest BCUT2D eigenvalue weighted by Crippen LogP contribution is -2.12. The van der Waals surface area contributed by atoms with Crippen molar-refractivity contribution >= 4 is 22.9 Å². The highest BCUT2D eigenvalue weighted by Crippen LogP contribution is 2.35. The molecule has 0 saturated carbocycles. The number of carbonyl (C=O) groups excluding carboxylic acids is 1. The summed E-state index contributed by atoms with van der Waals surface area (Å²) < 4.78 is 19.4. The number of nitrogens with one attached hydrogen (secondary N) is 1. The number of aromatic nitrogens is 2. The van der Waals surface area contributed by atoms with Crippen LogP contribution in [0.4, 0.5) is 10.1 Å². The van der Waals surface area contributed by atoms with E-state index in [2.05, 4.69) is 33.1 Å². The summed E-state index contributed by atoms with van der Waals surface area (Å²) in [6.07, 6.45) is 0. The average Bonchev–Trinajstić information content (AvgIpc) is 3.36. The van der Waals surface area contributed by atoms with Gasteiger partial charge in [-0.3, -0.25) is 4.79 Å². The van der Waals surface area contributed by atoms with Gasteiger partial charge in [0.05, 0.1) is 5.56 Å². The molecule has 0 spiro atoms. The highest BCUT2D eigenvalue weighted by molar-refractivity contribution is 7.08. The smallest absolute Gasteiger partial charge is 0.258 e. The summed E-state index contributed by atoms with van der Waals surface area (Å²) in [4.78, 5) is 15.5. The van der Waals surface area contributed by atoms with Crippen molar-refractivity contribution in [2.24, 2.45) is 5.73 Å². The van der Waals surface area contributed by atoms with Gasteiger partial charge in [0.1, 0.15) is 5.82 Å². The Kier molecular flexibility index (Phi) is 4.85. The number of nitrogens with zero attached hydrogens (tertiary/aromatic N) is 2. The molecule has 2 aromatic carbocycles. The Bertz CT molecular complexity index is 1220. The van der Waals surface area contributed by atoms with Gasteiger partial charge in [0.25, 0.3) is 11.8 Å². The predicted octanol–water partition coefficient (Wildman–Crippen LogP) is 4.72. The molecule has 1 amide bonds.